The normalized spacial score (nSPS) is 17.7. The van der Waals surface area contributed by atoms with Crippen LogP contribution in [-0.2, 0) is 6.42 Å². The first-order valence-electron chi connectivity index (χ1n) is 13.7. The quantitative estimate of drug-likeness (QED) is 0.330. The molecule has 0 bridgehead atoms. The number of likely N-dealkylation sites (tertiary alicyclic amines) is 1. The van der Waals surface area contributed by atoms with Crippen molar-refractivity contribution in [1.29, 1.82) is 0 Å². The summed E-state index contributed by atoms with van der Waals surface area (Å²) >= 11 is 11.9. The highest BCUT2D eigenvalue weighted by atomic mass is 35.5. The number of pyridine rings is 1. The number of hydrogen-bond donors (Lipinski definition) is 3. The number of aliphatic hydroxyl groups excluding tert-OH is 1. The Bertz CT molecular complexity index is 1660. The van der Waals surface area contributed by atoms with E-state index in [1.165, 1.54) is 11.1 Å². The van der Waals surface area contributed by atoms with E-state index in [1.807, 2.05) is 7.05 Å². The Hall–Kier alpha value is -3.70. The molecular weight excluding hydrogens is 581 g/mol. The molecule has 1 fully saturated rings. The summed E-state index contributed by atoms with van der Waals surface area (Å²) in [5.74, 6) is -0.0810. The number of anilines is 1. The van der Waals surface area contributed by atoms with E-state index in [0.717, 1.165) is 31.5 Å². The molecule has 2 amide bonds. The van der Waals surface area contributed by atoms with Gasteiger partial charge < -0.3 is 25.0 Å². The van der Waals surface area contributed by atoms with Gasteiger partial charge in [0.05, 0.1) is 43.8 Å². The van der Waals surface area contributed by atoms with Gasteiger partial charge in [-0.3, -0.25) is 24.3 Å². The van der Waals surface area contributed by atoms with E-state index in [4.69, 9.17) is 32.9 Å². The molecule has 10 nitrogen and oxygen atoms in total. The number of aromatic amines is 1. The molecule has 1 saturated heterocycles. The number of nitrogens with one attached hydrogen (secondary N) is 2. The average molecular weight is 610 g/mol. The first-order valence-corrected chi connectivity index (χ1v) is 14.5. The number of aromatic nitrogens is 1. The molecule has 4 heterocycles. The van der Waals surface area contributed by atoms with Gasteiger partial charge in [-0.05, 0) is 68.9 Å². The summed E-state index contributed by atoms with van der Waals surface area (Å²) in [6.07, 6.45) is 2.45. The van der Waals surface area contributed by atoms with Crippen LogP contribution in [0, 0.1) is 0 Å². The van der Waals surface area contributed by atoms with Crippen LogP contribution >= 0.6 is 23.2 Å². The second-order valence-corrected chi connectivity index (χ2v) is 11.6. The highest BCUT2D eigenvalue weighted by Crippen LogP contribution is 2.37. The summed E-state index contributed by atoms with van der Waals surface area (Å²) in [5, 5.41) is 14.4. The summed E-state index contributed by atoms with van der Waals surface area (Å²) in [7, 11) is 2.04. The van der Waals surface area contributed by atoms with Crippen molar-refractivity contribution >= 4 is 52.1 Å². The number of ether oxygens (including phenoxy) is 1. The molecule has 1 aromatic heterocycles. The van der Waals surface area contributed by atoms with E-state index in [1.54, 1.807) is 36.4 Å². The maximum atomic E-state index is 13.3. The van der Waals surface area contributed by atoms with E-state index in [0.29, 0.717) is 56.0 Å². The fourth-order valence-corrected chi connectivity index (χ4v) is 5.92. The van der Waals surface area contributed by atoms with Crippen molar-refractivity contribution in [1.82, 2.24) is 14.8 Å². The lowest BCUT2D eigenvalue weighted by atomic mass is 10.00. The molecule has 3 aromatic rings. The van der Waals surface area contributed by atoms with Gasteiger partial charge in [-0.25, -0.2) is 0 Å². The van der Waals surface area contributed by atoms with Crippen molar-refractivity contribution in [2.75, 3.05) is 38.6 Å². The number of rotatable bonds is 8. The number of carbonyl (C=O) groups excluding carboxylic acids is 2. The minimum atomic E-state index is -0.901. The lowest BCUT2D eigenvalue weighted by molar-refractivity contribution is 0.0516. The Morgan fingerprint density at radius 3 is 2.55 bits per heavy atom. The van der Waals surface area contributed by atoms with Crippen molar-refractivity contribution in [2.24, 2.45) is 4.99 Å². The molecular formula is C30H29Cl2N5O5. The molecule has 3 aliphatic rings. The first kappa shape index (κ1) is 28.4. The largest absolute Gasteiger partial charge is 0.491 e. The molecule has 42 heavy (non-hydrogen) atoms. The van der Waals surface area contributed by atoms with Gasteiger partial charge >= 0.3 is 0 Å². The van der Waals surface area contributed by atoms with Crippen LogP contribution < -0.4 is 15.6 Å². The van der Waals surface area contributed by atoms with E-state index >= 15 is 0 Å². The minimum Gasteiger partial charge on any atom is -0.491 e. The zero-order valence-corrected chi connectivity index (χ0v) is 24.3. The third-order valence-corrected chi connectivity index (χ3v) is 8.63. The Balaban J connectivity index is 1.17. The number of aliphatic hydroxyl groups is 1. The highest BCUT2D eigenvalue weighted by Gasteiger charge is 2.42. The van der Waals surface area contributed by atoms with Crippen molar-refractivity contribution in [2.45, 2.75) is 31.4 Å². The number of aliphatic imine (C=N–C) groups is 1. The fraction of sp³-hybridized carbons (Fsp3) is 0.333. The Labute approximate surface area is 251 Å². The van der Waals surface area contributed by atoms with Gasteiger partial charge in [0, 0.05) is 31.3 Å². The predicted octanol–water partition coefficient (Wildman–Crippen LogP) is 3.90. The molecule has 3 aliphatic heterocycles. The molecule has 0 saturated carbocycles. The maximum Gasteiger partial charge on any atom is 0.261 e. The van der Waals surface area contributed by atoms with E-state index in [9.17, 15) is 19.5 Å². The van der Waals surface area contributed by atoms with Crippen LogP contribution in [0.25, 0.3) is 0 Å². The smallest absolute Gasteiger partial charge is 0.261 e. The number of fused-ring (bicyclic) bond motifs is 2. The van der Waals surface area contributed by atoms with Crippen LogP contribution in [-0.4, -0.2) is 82.9 Å². The molecule has 218 valence electrons. The second kappa shape index (κ2) is 11.5. The van der Waals surface area contributed by atoms with Crippen LogP contribution in [0.4, 0.5) is 11.4 Å². The van der Waals surface area contributed by atoms with Gasteiger partial charge in [-0.1, -0.05) is 23.2 Å². The third kappa shape index (κ3) is 5.43. The molecule has 12 heteroatoms. The molecule has 2 aromatic carbocycles. The van der Waals surface area contributed by atoms with Crippen LogP contribution in [0.3, 0.4) is 0 Å². The van der Waals surface area contributed by atoms with Crippen LogP contribution in [0.15, 0.2) is 52.4 Å². The molecule has 0 aliphatic carbocycles. The van der Waals surface area contributed by atoms with Gasteiger partial charge in [0.15, 0.2) is 0 Å². The van der Waals surface area contributed by atoms with Gasteiger partial charge in [0.1, 0.15) is 18.5 Å². The fourth-order valence-electron chi connectivity index (χ4n) is 5.64. The van der Waals surface area contributed by atoms with E-state index in [2.05, 4.69) is 15.2 Å². The van der Waals surface area contributed by atoms with E-state index in [-0.39, 0.29) is 36.6 Å². The average Bonchev–Trinajstić information content (AvgIpc) is 3.49. The minimum absolute atomic E-state index is 0.0158. The summed E-state index contributed by atoms with van der Waals surface area (Å²) < 4.78 is 5.61. The number of hydrogen-bond acceptors (Lipinski definition) is 8. The number of nitrogens with zero attached hydrogens (tertiary/aromatic N) is 3. The lowest BCUT2D eigenvalue weighted by Gasteiger charge is -2.33. The molecule has 0 radical (unpaired) electrons. The zero-order valence-electron chi connectivity index (χ0n) is 22.8. The van der Waals surface area contributed by atoms with Crippen molar-refractivity contribution in [3.63, 3.8) is 0 Å². The summed E-state index contributed by atoms with van der Waals surface area (Å²) in [5.41, 5.74) is 3.07. The van der Waals surface area contributed by atoms with Crippen molar-refractivity contribution in [3.05, 3.63) is 85.2 Å². The summed E-state index contributed by atoms with van der Waals surface area (Å²) in [4.78, 5) is 50.6. The topological polar surface area (TPSA) is 127 Å². The number of benzene rings is 2. The molecule has 1 atom stereocenters. The van der Waals surface area contributed by atoms with E-state index < -0.39 is 6.10 Å². The highest BCUT2D eigenvalue weighted by molar-refractivity contribution is 6.42. The van der Waals surface area contributed by atoms with Crippen molar-refractivity contribution in [3.8, 4) is 5.75 Å². The number of carbonyl (C=O) groups is 2. The SMILES string of the molecule is CN1CCC(N2C(=O)c3cc4c(cc3C2=O)N=C(c2c(NCC(O)COc3ccc(Cl)c(Cl)c3)cc[nH]c2=O)C4)CC1. The third-order valence-electron chi connectivity index (χ3n) is 7.89. The van der Waals surface area contributed by atoms with Gasteiger partial charge in [0.2, 0.25) is 0 Å². The summed E-state index contributed by atoms with van der Waals surface area (Å²) in [6.45, 7) is 1.76. The Kier molecular flexibility index (Phi) is 7.80. The van der Waals surface area contributed by atoms with Gasteiger partial charge in [0.25, 0.3) is 17.4 Å². The lowest BCUT2D eigenvalue weighted by Crippen LogP contribution is -2.46. The molecule has 3 N–H and O–H groups in total. The standard InChI is InChI=1S/C30H29Cl2N5O5/c1-36-8-5-17(6-9-36)37-29(40)20-10-16-11-26(35-25(16)13-21(20)30(37)41)27-24(4-7-33-28(27)39)34-14-18(38)15-42-19-2-3-22(31)23(32)12-19/h2-4,7,10,12-13,17-18,38H,5-6,8-9,11,14-15H2,1H3,(H2,33,34,39). The molecule has 6 rings (SSSR count). The monoisotopic (exact) mass is 609 g/mol. The maximum absolute atomic E-state index is 13.3. The number of amides is 2. The predicted molar refractivity (Wildman–Crippen MR) is 161 cm³/mol. The zero-order chi connectivity index (χ0) is 29.5. The number of piperidine rings is 1. The van der Waals surface area contributed by atoms with Gasteiger partial charge in [-0.2, -0.15) is 0 Å². The Morgan fingerprint density at radius 1 is 1.07 bits per heavy atom. The molecule has 1 unspecified atom stereocenters. The summed E-state index contributed by atoms with van der Waals surface area (Å²) in [6, 6.07) is 9.83. The molecule has 0 spiro atoms. The number of H-pyrrole nitrogens is 1. The first-order chi connectivity index (χ1) is 20.2. The van der Waals surface area contributed by atoms with Crippen molar-refractivity contribution < 1.29 is 19.4 Å². The van der Waals surface area contributed by atoms with Crippen LogP contribution in [0.2, 0.25) is 10.0 Å². The van der Waals surface area contributed by atoms with Gasteiger partial charge in [-0.15, -0.1) is 0 Å². The number of imide groups is 1. The second-order valence-electron chi connectivity index (χ2n) is 10.8. The van der Waals surface area contributed by atoms with Crippen LogP contribution in [0.5, 0.6) is 5.75 Å². The Morgan fingerprint density at radius 2 is 1.81 bits per heavy atom. The number of halogens is 2. The van der Waals surface area contributed by atoms with Crippen LogP contribution in [0.1, 0.15) is 44.7 Å².